The first-order valence-electron chi connectivity index (χ1n) is 6.15. The largest absolute Gasteiger partial charge is 0.381 e. The van der Waals surface area contributed by atoms with E-state index >= 15 is 0 Å². The van der Waals surface area contributed by atoms with Crippen LogP contribution in [0, 0.1) is 11.8 Å². The SMILES string of the molecule is CC1CCCC(Nc2cnc(Cl)c(Br)c2)C1C. The summed E-state index contributed by atoms with van der Waals surface area (Å²) in [6.45, 7) is 4.68. The lowest BCUT2D eigenvalue weighted by Gasteiger charge is -2.35. The molecular weight excluding hydrogens is 300 g/mol. The molecule has 1 heterocycles. The molecule has 0 radical (unpaired) electrons. The summed E-state index contributed by atoms with van der Waals surface area (Å²) < 4.78 is 0.848. The standard InChI is InChI=1S/C13H18BrClN2/c1-8-4-3-5-12(9(8)2)17-10-6-11(14)13(15)16-7-10/h6-9,12,17H,3-5H2,1-2H3. The number of rotatable bonds is 2. The quantitative estimate of drug-likeness (QED) is 0.797. The van der Waals surface area contributed by atoms with Gasteiger partial charge in [0.1, 0.15) is 5.15 Å². The van der Waals surface area contributed by atoms with E-state index in [1.54, 1.807) is 6.20 Å². The van der Waals surface area contributed by atoms with Crippen molar-refractivity contribution in [2.75, 3.05) is 5.32 Å². The number of nitrogens with one attached hydrogen (secondary N) is 1. The van der Waals surface area contributed by atoms with Gasteiger partial charge in [-0.3, -0.25) is 0 Å². The van der Waals surface area contributed by atoms with Crippen LogP contribution in [0.15, 0.2) is 16.7 Å². The molecule has 1 aromatic rings. The first kappa shape index (κ1) is 13.2. The van der Waals surface area contributed by atoms with E-state index in [0.29, 0.717) is 17.1 Å². The molecule has 0 bridgehead atoms. The lowest BCUT2D eigenvalue weighted by Crippen LogP contribution is -2.35. The van der Waals surface area contributed by atoms with Gasteiger partial charge in [0.15, 0.2) is 0 Å². The molecule has 1 aliphatic rings. The Morgan fingerprint density at radius 1 is 1.41 bits per heavy atom. The van der Waals surface area contributed by atoms with Gasteiger partial charge in [-0.05, 0) is 40.3 Å². The van der Waals surface area contributed by atoms with Gasteiger partial charge in [0, 0.05) is 6.04 Å². The molecule has 3 unspecified atom stereocenters. The van der Waals surface area contributed by atoms with Crippen LogP contribution in [0.2, 0.25) is 5.15 Å². The molecule has 2 nitrogen and oxygen atoms in total. The van der Waals surface area contributed by atoms with Crippen molar-refractivity contribution in [2.45, 2.75) is 39.2 Å². The minimum absolute atomic E-state index is 0.514. The smallest absolute Gasteiger partial charge is 0.143 e. The zero-order valence-corrected chi connectivity index (χ0v) is 12.6. The summed E-state index contributed by atoms with van der Waals surface area (Å²) in [5, 5.41) is 4.09. The Bertz CT molecular complexity index is 397. The lowest BCUT2D eigenvalue weighted by molar-refractivity contribution is 0.253. The third kappa shape index (κ3) is 3.14. The molecular formula is C13H18BrClN2. The summed E-state index contributed by atoms with van der Waals surface area (Å²) in [6.07, 6.45) is 5.71. The van der Waals surface area contributed by atoms with Crippen molar-refractivity contribution in [1.82, 2.24) is 4.98 Å². The van der Waals surface area contributed by atoms with E-state index in [-0.39, 0.29) is 0 Å². The van der Waals surface area contributed by atoms with Crippen LogP contribution in [0.4, 0.5) is 5.69 Å². The molecule has 94 valence electrons. The number of nitrogens with zero attached hydrogens (tertiary/aromatic N) is 1. The predicted octanol–water partition coefficient (Wildman–Crippen LogP) is 4.73. The van der Waals surface area contributed by atoms with Gasteiger partial charge in [-0.2, -0.15) is 0 Å². The van der Waals surface area contributed by atoms with Gasteiger partial charge in [0.2, 0.25) is 0 Å². The molecule has 1 saturated carbocycles. The fraction of sp³-hybridized carbons (Fsp3) is 0.615. The van der Waals surface area contributed by atoms with Crippen LogP contribution in [-0.4, -0.2) is 11.0 Å². The summed E-state index contributed by atoms with van der Waals surface area (Å²) in [7, 11) is 0. The van der Waals surface area contributed by atoms with Gasteiger partial charge in [-0.25, -0.2) is 4.98 Å². The van der Waals surface area contributed by atoms with Crippen molar-refractivity contribution < 1.29 is 0 Å². The van der Waals surface area contributed by atoms with E-state index in [4.69, 9.17) is 11.6 Å². The lowest BCUT2D eigenvalue weighted by atomic mass is 9.78. The van der Waals surface area contributed by atoms with E-state index < -0.39 is 0 Å². The number of aromatic nitrogens is 1. The third-order valence-electron chi connectivity index (χ3n) is 3.86. The van der Waals surface area contributed by atoms with Crippen LogP contribution < -0.4 is 5.32 Å². The highest BCUT2D eigenvalue weighted by atomic mass is 79.9. The van der Waals surface area contributed by atoms with Gasteiger partial charge in [0.05, 0.1) is 16.4 Å². The Labute approximate surface area is 116 Å². The van der Waals surface area contributed by atoms with Gasteiger partial charge in [-0.1, -0.05) is 38.3 Å². The van der Waals surface area contributed by atoms with Crippen molar-refractivity contribution >= 4 is 33.2 Å². The van der Waals surface area contributed by atoms with E-state index in [0.717, 1.165) is 16.1 Å². The van der Waals surface area contributed by atoms with Crippen LogP contribution in [0.5, 0.6) is 0 Å². The van der Waals surface area contributed by atoms with Crippen molar-refractivity contribution in [3.05, 3.63) is 21.9 Å². The highest BCUT2D eigenvalue weighted by molar-refractivity contribution is 9.10. The van der Waals surface area contributed by atoms with E-state index in [2.05, 4.69) is 40.1 Å². The molecule has 1 aromatic heterocycles. The Kier molecular flexibility index (Phi) is 4.31. The molecule has 3 atom stereocenters. The van der Waals surface area contributed by atoms with Crippen molar-refractivity contribution in [3.8, 4) is 0 Å². The first-order valence-corrected chi connectivity index (χ1v) is 7.32. The van der Waals surface area contributed by atoms with Crippen LogP contribution in [0.3, 0.4) is 0 Å². The Morgan fingerprint density at radius 3 is 2.88 bits per heavy atom. The first-order chi connectivity index (χ1) is 8.08. The molecule has 17 heavy (non-hydrogen) atoms. The second-order valence-corrected chi connectivity index (χ2v) is 6.23. The van der Waals surface area contributed by atoms with E-state index in [1.807, 2.05) is 6.07 Å². The topological polar surface area (TPSA) is 24.9 Å². The highest BCUT2D eigenvalue weighted by Gasteiger charge is 2.26. The molecule has 2 rings (SSSR count). The molecule has 0 aliphatic heterocycles. The van der Waals surface area contributed by atoms with Crippen molar-refractivity contribution in [1.29, 1.82) is 0 Å². The van der Waals surface area contributed by atoms with Gasteiger partial charge < -0.3 is 5.32 Å². The summed E-state index contributed by atoms with van der Waals surface area (Å²) in [6, 6.07) is 2.55. The Hall–Kier alpha value is -0.280. The third-order valence-corrected chi connectivity index (χ3v) is 4.99. The zero-order valence-electron chi connectivity index (χ0n) is 10.2. The summed E-state index contributed by atoms with van der Waals surface area (Å²) >= 11 is 9.29. The molecule has 1 N–H and O–H groups in total. The summed E-state index contributed by atoms with van der Waals surface area (Å²) in [5.74, 6) is 1.50. The van der Waals surface area contributed by atoms with Crippen LogP contribution in [0.25, 0.3) is 0 Å². The van der Waals surface area contributed by atoms with Gasteiger partial charge >= 0.3 is 0 Å². The van der Waals surface area contributed by atoms with Crippen molar-refractivity contribution in [2.24, 2.45) is 11.8 Å². The maximum Gasteiger partial charge on any atom is 0.143 e. The van der Waals surface area contributed by atoms with Crippen LogP contribution >= 0.6 is 27.5 Å². The fourth-order valence-electron chi connectivity index (χ4n) is 2.50. The van der Waals surface area contributed by atoms with Crippen LogP contribution in [0.1, 0.15) is 33.1 Å². The molecule has 1 aliphatic carbocycles. The Morgan fingerprint density at radius 2 is 2.18 bits per heavy atom. The predicted molar refractivity (Wildman–Crippen MR) is 76.5 cm³/mol. The molecule has 0 aromatic carbocycles. The normalized spacial score (nSPS) is 29.1. The number of pyridine rings is 1. The molecule has 1 fully saturated rings. The second kappa shape index (κ2) is 5.57. The van der Waals surface area contributed by atoms with Crippen molar-refractivity contribution in [3.63, 3.8) is 0 Å². The number of halogens is 2. The molecule has 0 saturated heterocycles. The summed E-state index contributed by atoms with van der Waals surface area (Å²) in [4.78, 5) is 4.14. The average molecular weight is 318 g/mol. The van der Waals surface area contributed by atoms with Gasteiger partial charge in [0.25, 0.3) is 0 Å². The highest BCUT2D eigenvalue weighted by Crippen LogP contribution is 2.32. The van der Waals surface area contributed by atoms with Crippen LogP contribution in [-0.2, 0) is 0 Å². The van der Waals surface area contributed by atoms with E-state index in [9.17, 15) is 0 Å². The number of anilines is 1. The molecule has 0 spiro atoms. The average Bonchev–Trinajstić information content (AvgIpc) is 2.30. The number of hydrogen-bond acceptors (Lipinski definition) is 2. The maximum atomic E-state index is 5.89. The fourth-order valence-corrected chi connectivity index (χ4v) is 2.95. The van der Waals surface area contributed by atoms with Gasteiger partial charge in [-0.15, -0.1) is 0 Å². The number of hydrogen-bond donors (Lipinski definition) is 1. The summed E-state index contributed by atoms with van der Waals surface area (Å²) in [5.41, 5.74) is 1.05. The maximum absolute atomic E-state index is 5.89. The minimum atomic E-state index is 0.514. The Balaban J connectivity index is 2.07. The van der Waals surface area contributed by atoms with E-state index in [1.165, 1.54) is 19.3 Å². The zero-order chi connectivity index (χ0) is 12.4. The second-order valence-electron chi connectivity index (χ2n) is 5.01. The molecule has 0 amide bonds. The molecule has 4 heteroatoms. The minimum Gasteiger partial charge on any atom is -0.381 e. The monoisotopic (exact) mass is 316 g/mol.